The average Bonchev–Trinajstić information content (AvgIpc) is 2.71. The Labute approximate surface area is 108 Å². The number of amides is 1. The molecular weight excluding hydrogens is 268 g/mol. The van der Waals surface area contributed by atoms with E-state index < -0.39 is 0 Å². The molecule has 1 aliphatic heterocycles. The highest BCUT2D eigenvalue weighted by Crippen LogP contribution is 2.12. The SMILES string of the molecule is Cl.O=C(CC1CSCCN1)Nc1nncs1. The van der Waals surface area contributed by atoms with Crippen LogP contribution in [0.4, 0.5) is 5.13 Å². The third kappa shape index (κ3) is 4.25. The zero-order valence-corrected chi connectivity index (χ0v) is 11.0. The van der Waals surface area contributed by atoms with Crippen LogP contribution in [0.25, 0.3) is 0 Å². The Hall–Kier alpha value is -0.370. The zero-order chi connectivity index (χ0) is 10.5. The zero-order valence-electron chi connectivity index (χ0n) is 8.51. The van der Waals surface area contributed by atoms with E-state index in [-0.39, 0.29) is 24.4 Å². The Morgan fingerprint density at radius 2 is 2.56 bits per heavy atom. The summed E-state index contributed by atoms with van der Waals surface area (Å²) in [7, 11) is 0. The van der Waals surface area contributed by atoms with Crippen LogP contribution in [0.1, 0.15) is 6.42 Å². The van der Waals surface area contributed by atoms with Crippen LogP contribution in [0, 0.1) is 0 Å². The largest absolute Gasteiger partial charge is 0.312 e. The fourth-order valence-corrected chi connectivity index (χ4v) is 2.78. The minimum atomic E-state index is 0. The second-order valence-electron chi connectivity index (χ2n) is 3.22. The third-order valence-corrected chi connectivity index (χ3v) is 3.77. The van der Waals surface area contributed by atoms with Crippen molar-refractivity contribution in [1.29, 1.82) is 0 Å². The Bertz CT molecular complexity index is 316. The molecule has 1 aromatic rings. The molecule has 5 nitrogen and oxygen atoms in total. The molecule has 0 aromatic carbocycles. The van der Waals surface area contributed by atoms with Gasteiger partial charge in [0.2, 0.25) is 11.0 Å². The van der Waals surface area contributed by atoms with Crippen molar-refractivity contribution < 1.29 is 4.79 Å². The van der Waals surface area contributed by atoms with Crippen LogP contribution in [-0.4, -0.2) is 40.2 Å². The number of aromatic nitrogens is 2. The van der Waals surface area contributed by atoms with Gasteiger partial charge in [0.05, 0.1) is 0 Å². The lowest BCUT2D eigenvalue weighted by Crippen LogP contribution is -2.39. The number of nitrogens with zero attached hydrogens (tertiary/aromatic N) is 2. The summed E-state index contributed by atoms with van der Waals surface area (Å²) in [6, 6.07) is 0.289. The third-order valence-electron chi connectivity index (χ3n) is 2.04. The molecule has 0 bridgehead atoms. The monoisotopic (exact) mass is 280 g/mol. The lowest BCUT2D eigenvalue weighted by Gasteiger charge is -2.22. The smallest absolute Gasteiger partial charge is 0.227 e. The summed E-state index contributed by atoms with van der Waals surface area (Å²) in [5.74, 6) is 2.14. The molecule has 0 radical (unpaired) electrons. The number of thioether (sulfide) groups is 1. The molecule has 0 saturated carbocycles. The Kier molecular flexibility index (Phi) is 6.04. The van der Waals surface area contributed by atoms with Gasteiger partial charge in [-0.25, -0.2) is 0 Å². The first-order valence-electron chi connectivity index (χ1n) is 4.72. The topological polar surface area (TPSA) is 66.9 Å². The van der Waals surface area contributed by atoms with E-state index in [0.29, 0.717) is 11.6 Å². The molecule has 1 amide bonds. The lowest BCUT2D eigenvalue weighted by atomic mass is 10.2. The predicted molar refractivity (Wildman–Crippen MR) is 69.5 cm³/mol. The minimum Gasteiger partial charge on any atom is -0.312 e. The summed E-state index contributed by atoms with van der Waals surface area (Å²) >= 11 is 3.22. The van der Waals surface area contributed by atoms with Gasteiger partial charge in [-0.2, -0.15) is 11.8 Å². The molecule has 1 unspecified atom stereocenters. The summed E-state index contributed by atoms with van der Waals surface area (Å²) in [6.45, 7) is 0.988. The molecule has 2 rings (SSSR count). The highest BCUT2D eigenvalue weighted by atomic mass is 35.5. The number of rotatable bonds is 3. The van der Waals surface area contributed by atoms with Crippen molar-refractivity contribution in [1.82, 2.24) is 15.5 Å². The molecule has 1 fully saturated rings. The molecular formula is C8H13ClN4OS2. The Morgan fingerprint density at radius 1 is 1.69 bits per heavy atom. The number of carbonyl (C=O) groups is 1. The highest BCUT2D eigenvalue weighted by molar-refractivity contribution is 7.99. The van der Waals surface area contributed by atoms with Gasteiger partial charge in [-0.05, 0) is 0 Å². The second-order valence-corrected chi connectivity index (χ2v) is 5.21. The van der Waals surface area contributed by atoms with E-state index in [1.165, 1.54) is 11.3 Å². The van der Waals surface area contributed by atoms with Crippen molar-refractivity contribution in [3.63, 3.8) is 0 Å². The van der Waals surface area contributed by atoms with Gasteiger partial charge < -0.3 is 10.6 Å². The van der Waals surface area contributed by atoms with Crippen LogP contribution >= 0.6 is 35.5 Å². The van der Waals surface area contributed by atoms with Crippen LogP contribution in [0.5, 0.6) is 0 Å². The normalized spacial score (nSPS) is 19.9. The van der Waals surface area contributed by atoms with E-state index in [1.54, 1.807) is 5.51 Å². The van der Waals surface area contributed by atoms with Gasteiger partial charge in [-0.3, -0.25) is 4.79 Å². The molecule has 1 saturated heterocycles. The van der Waals surface area contributed by atoms with E-state index in [9.17, 15) is 4.79 Å². The van der Waals surface area contributed by atoms with E-state index in [0.717, 1.165) is 18.1 Å². The molecule has 90 valence electrons. The first kappa shape index (κ1) is 13.7. The van der Waals surface area contributed by atoms with Crippen LogP contribution in [-0.2, 0) is 4.79 Å². The molecule has 1 aliphatic rings. The van der Waals surface area contributed by atoms with E-state index in [1.807, 2.05) is 11.8 Å². The van der Waals surface area contributed by atoms with Crippen molar-refractivity contribution >= 4 is 46.5 Å². The number of hydrogen-bond acceptors (Lipinski definition) is 6. The van der Waals surface area contributed by atoms with Crippen LogP contribution in [0.3, 0.4) is 0 Å². The Balaban J connectivity index is 0.00000128. The van der Waals surface area contributed by atoms with Gasteiger partial charge in [0.15, 0.2) is 0 Å². The Morgan fingerprint density at radius 3 is 3.19 bits per heavy atom. The molecule has 8 heteroatoms. The number of nitrogens with one attached hydrogen (secondary N) is 2. The maximum atomic E-state index is 11.6. The van der Waals surface area contributed by atoms with Crippen LogP contribution in [0.2, 0.25) is 0 Å². The van der Waals surface area contributed by atoms with Crippen molar-refractivity contribution in [2.24, 2.45) is 0 Å². The molecule has 0 spiro atoms. The fourth-order valence-electron chi connectivity index (χ4n) is 1.37. The molecule has 2 heterocycles. The van der Waals surface area contributed by atoms with Gasteiger partial charge in [-0.15, -0.1) is 22.6 Å². The first-order chi connectivity index (χ1) is 7.34. The minimum absolute atomic E-state index is 0. The van der Waals surface area contributed by atoms with Crippen molar-refractivity contribution in [2.45, 2.75) is 12.5 Å². The standard InChI is InChI=1S/C8H12N4OS2.ClH/c13-7(11-8-12-10-5-15-8)3-6-4-14-2-1-9-6;/h5-6,9H,1-4H2,(H,11,12,13);1H. The summed E-state index contributed by atoms with van der Waals surface area (Å²) in [6.07, 6.45) is 0.507. The lowest BCUT2D eigenvalue weighted by molar-refractivity contribution is -0.116. The summed E-state index contributed by atoms with van der Waals surface area (Å²) < 4.78 is 0. The van der Waals surface area contributed by atoms with Crippen molar-refractivity contribution in [3.05, 3.63) is 5.51 Å². The van der Waals surface area contributed by atoms with Gasteiger partial charge in [-0.1, -0.05) is 11.3 Å². The second kappa shape index (κ2) is 7.05. The quantitative estimate of drug-likeness (QED) is 0.864. The molecule has 0 aliphatic carbocycles. The molecule has 2 N–H and O–H groups in total. The van der Waals surface area contributed by atoms with Gasteiger partial charge in [0, 0.05) is 30.5 Å². The fraction of sp³-hybridized carbons (Fsp3) is 0.625. The van der Waals surface area contributed by atoms with Crippen LogP contribution < -0.4 is 10.6 Å². The summed E-state index contributed by atoms with van der Waals surface area (Å²) in [5, 5.41) is 14.0. The van der Waals surface area contributed by atoms with Gasteiger partial charge >= 0.3 is 0 Å². The van der Waals surface area contributed by atoms with Crippen LogP contribution in [0.15, 0.2) is 5.51 Å². The maximum absolute atomic E-state index is 11.6. The molecule has 1 atom stereocenters. The summed E-state index contributed by atoms with van der Waals surface area (Å²) in [5.41, 5.74) is 1.60. The molecule has 1 aromatic heterocycles. The average molecular weight is 281 g/mol. The van der Waals surface area contributed by atoms with E-state index in [4.69, 9.17) is 0 Å². The number of anilines is 1. The maximum Gasteiger partial charge on any atom is 0.227 e. The number of halogens is 1. The number of carbonyl (C=O) groups excluding carboxylic acids is 1. The molecule has 16 heavy (non-hydrogen) atoms. The van der Waals surface area contributed by atoms with Gasteiger partial charge in [0.25, 0.3) is 0 Å². The van der Waals surface area contributed by atoms with Crippen molar-refractivity contribution in [3.8, 4) is 0 Å². The van der Waals surface area contributed by atoms with E-state index in [2.05, 4.69) is 20.8 Å². The first-order valence-corrected chi connectivity index (χ1v) is 6.75. The highest BCUT2D eigenvalue weighted by Gasteiger charge is 2.17. The number of hydrogen-bond donors (Lipinski definition) is 2. The van der Waals surface area contributed by atoms with Crippen molar-refractivity contribution in [2.75, 3.05) is 23.4 Å². The van der Waals surface area contributed by atoms with Gasteiger partial charge in [0.1, 0.15) is 5.51 Å². The predicted octanol–water partition coefficient (Wildman–Crippen LogP) is 0.993. The van der Waals surface area contributed by atoms with E-state index >= 15 is 0 Å². The summed E-state index contributed by atoms with van der Waals surface area (Å²) in [4.78, 5) is 11.6.